The van der Waals surface area contributed by atoms with Crippen LogP contribution in [0.25, 0.3) is 0 Å². The van der Waals surface area contributed by atoms with Gasteiger partial charge in [0.2, 0.25) is 5.91 Å². The molecule has 3 rings (SSSR count). The lowest BCUT2D eigenvalue weighted by molar-refractivity contribution is -0.134. The van der Waals surface area contributed by atoms with Gasteiger partial charge in [-0.3, -0.25) is 19.3 Å². The molecule has 1 fully saturated rings. The third-order valence-corrected chi connectivity index (χ3v) is 3.33. The van der Waals surface area contributed by atoms with Crippen molar-refractivity contribution < 1.29 is 14.4 Å². The van der Waals surface area contributed by atoms with Crippen LogP contribution in [0.15, 0.2) is 24.3 Å². The Bertz CT molecular complexity index is 534. The Hall–Kier alpha value is -2.21. The van der Waals surface area contributed by atoms with E-state index in [1.807, 2.05) is 0 Å². The number of carbonyl (C=O) groups is 3. The highest BCUT2D eigenvalue weighted by molar-refractivity contribution is 6.23. The number of nitrogens with zero attached hydrogens (tertiary/aromatic N) is 1. The third kappa shape index (κ3) is 1.23. The van der Waals surface area contributed by atoms with E-state index in [4.69, 9.17) is 5.73 Å². The number of β-lactam (4-membered cyclic amide) rings is 1. The number of hydrogen-bond donors (Lipinski definition) is 2. The molecule has 0 bridgehead atoms. The molecule has 2 aliphatic heterocycles. The van der Waals surface area contributed by atoms with Crippen molar-refractivity contribution in [3.8, 4) is 0 Å². The smallest absolute Gasteiger partial charge is 0.262 e. The zero-order chi connectivity index (χ0) is 12.9. The van der Waals surface area contributed by atoms with E-state index >= 15 is 0 Å². The number of benzene rings is 1. The van der Waals surface area contributed by atoms with Gasteiger partial charge in [0.1, 0.15) is 6.04 Å². The number of amides is 3. The second kappa shape index (κ2) is 3.64. The van der Waals surface area contributed by atoms with E-state index in [0.29, 0.717) is 11.1 Å². The summed E-state index contributed by atoms with van der Waals surface area (Å²) in [7, 11) is 0. The molecule has 3 N–H and O–H groups in total. The highest BCUT2D eigenvalue weighted by Crippen LogP contribution is 2.27. The van der Waals surface area contributed by atoms with Crippen molar-refractivity contribution in [2.75, 3.05) is 6.54 Å². The summed E-state index contributed by atoms with van der Waals surface area (Å²) in [5.41, 5.74) is 6.18. The van der Waals surface area contributed by atoms with Gasteiger partial charge >= 0.3 is 0 Å². The molecule has 92 valence electrons. The van der Waals surface area contributed by atoms with Crippen LogP contribution in [0.5, 0.6) is 0 Å². The quantitative estimate of drug-likeness (QED) is 0.522. The summed E-state index contributed by atoms with van der Waals surface area (Å²) in [5.74, 6) is -1.18. The van der Waals surface area contributed by atoms with Gasteiger partial charge in [0.15, 0.2) is 0 Å². The lowest BCUT2D eigenvalue weighted by Crippen LogP contribution is -2.72. The van der Waals surface area contributed by atoms with Crippen LogP contribution in [0.2, 0.25) is 0 Å². The number of nitrogens with one attached hydrogen (secondary N) is 1. The lowest BCUT2D eigenvalue weighted by Gasteiger charge is -2.40. The fourth-order valence-corrected chi connectivity index (χ4v) is 2.38. The van der Waals surface area contributed by atoms with Crippen LogP contribution in [0.4, 0.5) is 0 Å². The number of fused-ring (bicyclic) bond motifs is 1. The van der Waals surface area contributed by atoms with Gasteiger partial charge in [0.25, 0.3) is 11.8 Å². The summed E-state index contributed by atoms with van der Waals surface area (Å²) in [6, 6.07) is 5.43. The Balaban J connectivity index is 2.00. The molecule has 0 radical (unpaired) electrons. The van der Waals surface area contributed by atoms with Crippen LogP contribution in [0.3, 0.4) is 0 Å². The van der Waals surface area contributed by atoms with E-state index in [9.17, 15) is 14.4 Å². The van der Waals surface area contributed by atoms with Crippen LogP contribution in [0.1, 0.15) is 20.7 Å². The number of imide groups is 1. The number of hydrogen-bond acceptors (Lipinski definition) is 4. The molecule has 0 spiro atoms. The van der Waals surface area contributed by atoms with Crippen LogP contribution < -0.4 is 11.1 Å². The van der Waals surface area contributed by atoms with Gasteiger partial charge in [-0.1, -0.05) is 12.1 Å². The molecule has 2 atom stereocenters. The van der Waals surface area contributed by atoms with E-state index in [1.54, 1.807) is 24.3 Å². The van der Waals surface area contributed by atoms with Crippen molar-refractivity contribution in [3.05, 3.63) is 35.4 Å². The fourth-order valence-electron chi connectivity index (χ4n) is 2.38. The predicted molar refractivity (Wildman–Crippen MR) is 61.7 cm³/mol. The normalized spacial score (nSPS) is 25.8. The highest BCUT2D eigenvalue weighted by atomic mass is 16.2. The Morgan fingerprint density at radius 2 is 1.67 bits per heavy atom. The molecule has 2 aliphatic rings. The minimum absolute atomic E-state index is 0.198. The maximum absolute atomic E-state index is 12.1. The summed E-state index contributed by atoms with van der Waals surface area (Å²) in [6.45, 7) is 0.198. The minimum Gasteiger partial charge on any atom is -0.348 e. The fraction of sp³-hybridized carbons (Fsp3) is 0.250. The molecule has 0 aromatic heterocycles. The first kappa shape index (κ1) is 10.9. The number of rotatable bonds is 2. The Morgan fingerprint density at radius 3 is 2.11 bits per heavy atom. The van der Waals surface area contributed by atoms with E-state index in [0.717, 1.165) is 4.90 Å². The second-order valence-corrected chi connectivity index (χ2v) is 4.32. The third-order valence-electron chi connectivity index (χ3n) is 3.33. The van der Waals surface area contributed by atoms with Crippen LogP contribution in [0, 0.1) is 0 Å². The van der Waals surface area contributed by atoms with E-state index in [1.165, 1.54) is 0 Å². The molecule has 18 heavy (non-hydrogen) atoms. The van der Waals surface area contributed by atoms with Gasteiger partial charge in [-0.2, -0.15) is 0 Å². The molecular weight excluding hydrogens is 234 g/mol. The molecule has 6 heteroatoms. The lowest BCUT2D eigenvalue weighted by atomic mass is 9.97. The van der Waals surface area contributed by atoms with Gasteiger partial charge < -0.3 is 11.1 Å². The zero-order valence-electron chi connectivity index (χ0n) is 9.42. The molecule has 6 nitrogen and oxygen atoms in total. The van der Waals surface area contributed by atoms with Gasteiger partial charge in [0.05, 0.1) is 17.2 Å². The SMILES string of the molecule is NC[C@@H]1NC(=O)[C@@H]1N1C(=O)c2ccccc2C1=O. The first-order chi connectivity index (χ1) is 8.65. The number of nitrogens with two attached hydrogens (primary N) is 1. The molecule has 3 amide bonds. The number of carbonyl (C=O) groups excluding carboxylic acids is 3. The second-order valence-electron chi connectivity index (χ2n) is 4.32. The van der Waals surface area contributed by atoms with Crippen molar-refractivity contribution in [1.29, 1.82) is 0 Å². The molecule has 0 unspecified atom stereocenters. The Kier molecular flexibility index (Phi) is 2.21. The average molecular weight is 245 g/mol. The Morgan fingerprint density at radius 1 is 1.11 bits per heavy atom. The minimum atomic E-state index is -0.776. The molecule has 0 aliphatic carbocycles. The monoisotopic (exact) mass is 245 g/mol. The van der Waals surface area contributed by atoms with Crippen LogP contribution >= 0.6 is 0 Å². The maximum Gasteiger partial charge on any atom is 0.262 e. The van der Waals surface area contributed by atoms with Crippen molar-refractivity contribution in [2.24, 2.45) is 5.73 Å². The van der Waals surface area contributed by atoms with Crippen molar-refractivity contribution >= 4 is 17.7 Å². The topological polar surface area (TPSA) is 92.5 Å². The van der Waals surface area contributed by atoms with Gasteiger partial charge in [-0.15, -0.1) is 0 Å². The largest absolute Gasteiger partial charge is 0.348 e. The Labute approximate surface area is 103 Å². The molecule has 1 aromatic rings. The van der Waals surface area contributed by atoms with Crippen LogP contribution in [-0.4, -0.2) is 41.2 Å². The van der Waals surface area contributed by atoms with Crippen molar-refractivity contribution in [2.45, 2.75) is 12.1 Å². The summed E-state index contributed by atoms with van der Waals surface area (Å²) in [6.07, 6.45) is 0. The molecule has 2 heterocycles. The predicted octanol–water partition coefficient (Wildman–Crippen LogP) is -0.892. The summed E-state index contributed by atoms with van der Waals surface area (Å²) in [5, 5.41) is 2.58. The van der Waals surface area contributed by atoms with Crippen LogP contribution in [-0.2, 0) is 4.79 Å². The van der Waals surface area contributed by atoms with Gasteiger partial charge in [-0.25, -0.2) is 0 Å². The van der Waals surface area contributed by atoms with E-state index < -0.39 is 17.9 Å². The summed E-state index contributed by atoms with van der Waals surface area (Å²) < 4.78 is 0. The van der Waals surface area contributed by atoms with Gasteiger partial charge in [-0.05, 0) is 12.1 Å². The van der Waals surface area contributed by atoms with E-state index in [-0.39, 0.29) is 18.5 Å². The highest BCUT2D eigenvalue weighted by Gasteiger charge is 2.50. The molecular formula is C12H11N3O3. The first-order valence-electron chi connectivity index (χ1n) is 5.62. The van der Waals surface area contributed by atoms with Gasteiger partial charge in [0, 0.05) is 6.54 Å². The summed E-state index contributed by atoms with van der Waals surface area (Å²) in [4.78, 5) is 36.8. The zero-order valence-corrected chi connectivity index (χ0v) is 9.42. The standard InChI is InChI=1S/C12H11N3O3/c13-5-8-9(10(16)14-8)15-11(17)6-3-1-2-4-7(6)12(15)18/h1-4,8-9H,5,13H2,(H,14,16)/t8-,9+/m0/s1. The van der Waals surface area contributed by atoms with E-state index in [2.05, 4.69) is 5.32 Å². The maximum atomic E-state index is 12.1. The molecule has 1 saturated heterocycles. The first-order valence-corrected chi connectivity index (χ1v) is 5.62. The molecule has 0 saturated carbocycles. The average Bonchev–Trinajstić information content (AvgIpc) is 2.62. The summed E-state index contributed by atoms with van der Waals surface area (Å²) >= 11 is 0. The van der Waals surface area contributed by atoms with Crippen molar-refractivity contribution in [1.82, 2.24) is 10.2 Å². The van der Waals surface area contributed by atoms with Crippen molar-refractivity contribution in [3.63, 3.8) is 0 Å². The molecule has 1 aromatic carbocycles.